The van der Waals surface area contributed by atoms with Gasteiger partial charge in [-0.15, -0.1) is 0 Å². The number of nitrogens with one attached hydrogen (secondary N) is 1. The molecule has 2 N–H and O–H groups in total. The molecule has 0 heterocycles. The number of carboxylic acids is 1. The normalized spacial score (nSPS) is 12.5. The monoisotopic (exact) mass is 472 g/mol. The van der Waals surface area contributed by atoms with Crippen LogP contribution in [0.4, 0.5) is 11.4 Å². The molecule has 0 spiro atoms. The minimum absolute atomic E-state index is 0.0445. The van der Waals surface area contributed by atoms with E-state index in [0.717, 1.165) is 24.9 Å². The predicted molar refractivity (Wildman–Crippen MR) is 138 cm³/mol. The maximum atomic E-state index is 12.8. The highest BCUT2D eigenvalue weighted by atomic mass is 16.5. The Morgan fingerprint density at radius 3 is 2.54 bits per heavy atom. The molecule has 1 aliphatic carbocycles. The minimum Gasteiger partial charge on any atom is -0.491 e. The second-order valence-electron chi connectivity index (χ2n) is 8.97. The first-order valence-electron chi connectivity index (χ1n) is 12.2. The lowest BCUT2D eigenvalue weighted by atomic mass is 9.90. The van der Waals surface area contributed by atoms with Gasteiger partial charge in [0, 0.05) is 31.3 Å². The summed E-state index contributed by atoms with van der Waals surface area (Å²) in [6.07, 6.45) is 5.27. The molecule has 0 saturated heterocycles. The smallest absolute Gasteiger partial charge is 0.303 e. The number of anilines is 2. The number of hydrogen-bond donors (Lipinski definition) is 2. The Balaban J connectivity index is 1.37. The van der Waals surface area contributed by atoms with Gasteiger partial charge in [0.1, 0.15) is 5.75 Å². The van der Waals surface area contributed by atoms with Gasteiger partial charge < -0.3 is 20.1 Å². The number of hydrogen-bond acceptors (Lipinski definition) is 4. The lowest BCUT2D eigenvalue weighted by Crippen LogP contribution is -2.20. The Morgan fingerprint density at radius 1 is 0.971 bits per heavy atom. The van der Waals surface area contributed by atoms with Gasteiger partial charge in [-0.3, -0.25) is 9.59 Å². The molecule has 4 rings (SSSR count). The van der Waals surface area contributed by atoms with Crippen molar-refractivity contribution in [2.75, 3.05) is 23.9 Å². The van der Waals surface area contributed by atoms with E-state index in [1.807, 2.05) is 36.4 Å². The number of aliphatic carboxylic acids is 1. The molecule has 3 aromatic rings. The summed E-state index contributed by atoms with van der Waals surface area (Å²) in [6, 6.07) is 21.4. The molecular formula is C29H32N2O4. The van der Waals surface area contributed by atoms with Gasteiger partial charge in [-0.2, -0.15) is 0 Å². The van der Waals surface area contributed by atoms with Crippen LogP contribution in [0.15, 0.2) is 66.7 Å². The number of benzene rings is 3. The molecule has 0 bridgehead atoms. The van der Waals surface area contributed by atoms with E-state index in [1.54, 1.807) is 12.1 Å². The maximum absolute atomic E-state index is 12.8. The molecule has 6 nitrogen and oxygen atoms in total. The number of carbonyl (C=O) groups is 2. The third kappa shape index (κ3) is 6.41. The average molecular weight is 473 g/mol. The molecule has 182 valence electrons. The van der Waals surface area contributed by atoms with E-state index in [9.17, 15) is 9.59 Å². The summed E-state index contributed by atoms with van der Waals surface area (Å²) in [5.74, 6) is -0.549. The molecule has 0 unspecified atom stereocenters. The van der Waals surface area contributed by atoms with Crippen molar-refractivity contribution >= 4 is 23.3 Å². The number of carboxylic acid groups (broad SMARTS) is 1. The number of para-hydroxylation sites is 2. The third-order valence-corrected chi connectivity index (χ3v) is 6.35. The van der Waals surface area contributed by atoms with Crippen molar-refractivity contribution in [1.29, 1.82) is 0 Å². The highest BCUT2D eigenvalue weighted by Gasteiger charge is 2.16. The van der Waals surface area contributed by atoms with Crippen molar-refractivity contribution in [3.63, 3.8) is 0 Å². The van der Waals surface area contributed by atoms with Crippen LogP contribution < -0.4 is 15.0 Å². The quantitative estimate of drug-likeness (QED) is 0.370. The molecule has 6 heteroatoms. The highest BCUT2D eigenvalue weighted by molar-refractivity contribution is 6.05. The van der Waals surface area contributed by atoms with Gasteiger partial charge in [-0.1, -0.05) is 36.4 Å². The van der Waals surface area contributed by atoms with Gasteiger partial charge in [0.2, 0.25) is 0 Å². The molecule has 0 fully saturated rings. The molecule has 1 aliphatic rings. The maximum Gasteiger partial charge on any atom is 0.303 e. The second-order valence-corrected chi connectivity index (χ2v) is 8.97. The summed E-state index contributed by atoms with van der Waals surface area (Å²) >= 11 is 0. The molecule has 0 saturated carbocycles. The Morgan fingerprint density at radius 2 is 1.74 bits per heavy atom. The summed E-state index contributed by atoms with van der Waals surface area (Å²) in [4.78, 5) is 25.8. The number of amides is 1. The van der Waals surface area contributed by atoms with Crippen molar-refractivity contribution in [3.05, 3.63) is 89.0 Å². The van der Waals surface area contributed by atoms with E-state index < -0.39 is 5.97 Å². The van der Waals surface area contributed by atoms with Crippen molar-refractivity contribution in [3.8, 4) is 5.75 Å². The van der Waals surface area contributed by atoms with Gasteiger partial charge in [-0.05, 0) is 79.1 Å². The predicted octanol–water partition coefficient (Wildman–Crippen LogP) is 5.70. The van der Waals surface area contributed by atoms with E-state index in [0.29, 0.717) is 23.4 Å². The van der Waals surface area contributed by atoms with Crippen molar-refractivity contribution in [1.82, 2.24) is 0 Å². The number of ether oxygens (including phenoxy) is 1. The zero-order chi connectivity index (χ0) is 24.6. The lowest BCUT2D eigenvalue weighted by Gasteiger charge is -2.26. The van der Waals surface area contributed by atoms with E-state index >= 15 is 0 Å². The van der Waals surface area contributed by atoms with Crippen molar-refractivity contribution < 1.29 is 19.4 Å². The topological polar surface area (TPSA) is 78.9 Å². The van der Waals surface area contributed by atoms with Crippen LogP contribution in [0, 0.1) is 0 Å². The van der Waals surface area contributed by atoms with Crippen LogP contribution in [-0.2, 0) is 24.2 Å². The van der Waals surface area contributed by atoms with E-state index in [2.05, 4.69) is 35.5 Å². The van der Waals surface area contributed by atoms with Gasteiger partial charge >= 0.3 is 5.97 Å². The van der Waals surface area contributed by atoms with Gasteiger partial charge in [0.15, 0.2) is 0 Å². The summed E-state index contributed by atoms with van der Waals surface area (Å²) in [5, 5.41) is 11.7. The summed E-state index contributed by atoms with van der Waals surface area (Å²) in [5.41, 5.74) is 6.50. The summed E-state index contributed by atoms with van der Waals surface area (Å²) in [6.45, 7) is 1.04. The summed E-state index contributed by atoms with van der Waals surface area (Å²) < 4.78 is 5.69. The lowest BCUT2D eigenvalue weighted by molar-refractivity contribution is -0.137. The Hall–Kier alpha value is -3.80. The minimum atomic E-state index is -0.854. The van der Waals surface area contributed by atoms with Crippen LogP contribution in [0.25, 0.3) is 0 Å². The third-order valence-electron chi connectivity index (χ3n) is 6.35. The number of rotatable bonds is 10. The Labute approximate surface area is 206 Å². The van der Waals surface area contributed by atoms with Gasteiger partial charge in [0.25, 0.3) is 5.91 Å². The molecule has 35 heavy (non-hydrogen) atoms. The van der Waals surface area contributed by atoms with Crippen LogP contribution >= 0.6 is 0 Å². The zero-order valence-corrected chi connectivity index (χ0v) is 20.1. The molecule has 0 radical (unpaired) electrons. The van der Waals surface area contributed by atoms with Crippen LogP contribution in [0.3, 0.4) is 0 Å². The molecular weight excluding hydrogens is 440 g/mol. The SMILES string of the molecule is CN(Cc1ccc(C(=O)Nc2ccccc2OCCCC(=O)O)cc1)c1cccc2c1CCCC2. The largest absolute Gasteiger partial charge is 0.491 e. The highest BCUT2D eigenvalue weighted by Crippen LogP contribution is 2.30. The molecule has 1 amide bonds. The fourth-order valence-corrected chi connectivity index (χ4v) is 4.54. The molecule has 3 aromatic carbocycles. The van der Waals surface area contributed by atoms with Gasteiger partial charge in [0.05, 0.1) is 12.3 Å². The number of carbonyl (C=O) groups excluding carboxylic acids is 1. The fourth-order valence-electron chi connectivity index (χ4n) is 4.54. The fraction of sp³-hybridized carbons (Fsp3) is 0.310. The van der Waals surface area contributed by atoms with Crippen LogP contribution in [0.5, 0.6) is 5.75 Å². The van der Waals surface area contributed by atoms with Crippen molar-refractivity contribution in [2.45, 2.75) is 45.1 Å². The first-order chi connectivity index (χ1) is 17.0. The average Bonchev–Trinajstić information content (AvgIpc) is 2.87. The number of fused-ring (bicyclic) bond motifs is 1. The number of nitrogens with zero attached hydrogens (tertiary/aromatic N) is 1. The second kappa shape index (κ2) is 11.6. The van der Waals surface area contributed by atoms with Crippen LogP contribution in [-0.4, -0.2) is 30.6 Å². The van der Waals surface area contributed by atoms with E-state index in [1.165, 1.54) is 29.7 Å². The zero-order valence-electron chi connectivity index (χ0n) is 20.1. The molecule has 0 aromatic heterocycles. The molecule has 0 aliphatic heterocycles. The summed E-state index contributed by atoms with van der Waals surface area (Å²) in [7, 11) is 2.12. The number of aryl methyl sites for hydroxylation is 1. The van der Waals surface area contributed by atoms with Crippen LogP contribution in [0.1, 0.15) is 52.7 Å². The standard InChI is InChI=1S/C29H32N2O4/c1-31(26-12-6-9-22-8-2-3-10-24(22)26)20-21-15-17-23(18-16-21)29(34)30-25-11-4-5-13-27(25)35-19-7-14-28(32)33/h4-6,9,11-13,15-18H,2-3,7-8,10,14,19-20H2,1H3,(H,30,34)(H,32,33). The van der Waals surface area contributed by atoms with Crippen molar-refractivity contribution in [2.24, 2.45) is 0 Å². The Bertz CT molecular complexity index is 1170. The molecule has 0 atom stereocenters. The Kier molecular flexibility index (Phi) is 8.03. The van der Waals surface area contributed by atoms with Gasteiger partial charge in [-0.25, -0.2) is 0 Å². The van der Waals surface area contributed by atoms with E-state index in [-0.39, 0.29) is 18.9 Å². The van der Waals surface area contributed by atoms with Crippen LogP contribution in [0.2, 0.25) is 0 Å². The first kappa shape index (κ1) is 24.3. The van der Waals surface area contributed by atoms with E-state index in [4.69, 9.17) is 9.84 Å². The first-order valence-corrected chi connectivity index (χ1v) is 12.2.